The predicted octanol–water partition coefficient (Wildman–Crippen LogP) is 3.85. The van der Waals surface area contributed by atoms with Crippen molar-refractivity contribution in [2.75, 3.05) is 18.0 Å². The first-order valence-electron chi connectivity index (χ1n) is 11.8. The lowest BCUT2D eigenvalue weighted by Crippen LogP contribution is -2.60. The number of hydrogen-bond donors (Lipinski definition) is 2. The molecule has 8 nitrogen and oxygen atoms in total. The van der Waals surface area contributed by atoms with E-state index in [2.05, 4.69) is 15.0 Å². The summed E-state index contributed by atoms with van der Waals surface area (Å²) in [6.07, 6.45) is 4.78. The molecule has 3 aromatic heterocycles. The van der Waals surface area contributed by atoms with Crippen LogP contribution >= 0.6 is 0 Å². The van der Waals surface area contributed by atoms with E-state index < -0.39 is 29.5 Å². The third-order valence-electron chi connectivity index (χ3n) is 6.99. The molecule has 4 heterocycles. The number of aliphatic hydroxyl groups is 2. The number of anilines is 1. The number of imidazole rings is 1. The molecule has 0 spiro atoms. The van der Waals surface area contributed by atoms with Gasteiger partial charge in [0.15, 0.2) is 0 Å². The van der Waals surface area contributed by atoms with Gasteiger partial charge >= 0.3 is 6.61 Å². The number of rotatable bonds is 5. The molecule has 11 heteroatoms. The minimum atomic E-state index is -3.00. The van der Waals surface area contributed by atoms with Crippen molar-refractivity contribution in [2.45, 2.75) is 44.0 Å². The summed E-state index contributed by atoms with van der Waals surface area (Å²) < 4.78 is 47.8. The van der Waals surface area contributed by atoms with Crippen molar-refractivity contribution in [3.8, 4) is 16.9 Å². The van der Waals surface area contributed by atoms with Gasteiger partial charge in [-0.3, -0.25) is 0 Å². The Balaban J connectivity index is 1.43. The predicted molar refractivity (Wildman–Crippen MR) is 128 cm³/mol. The van der Waals surface area contributed by atoms with Crippen molar-refractivity contribution >= 4 is 11.6 Å². The Labute approximate surface area is 210 Å². The number of alkyl halides is 2. The number of para-hydroxylation sites is 1. The molecular weight excluding hydrogens is 487 g/mol. The average Bonchev–Trinajstić information content (AvgIpc) is 3.31. The maximum atomic E-state index is 15.2. The van der Waals surface area contributed by atoms with Crippen molar-refractivity contribution in [3.05, 3.63) is 71.7 Å². The van der Waals surface area contributed by atoms with Crippen LogP contribution in [0, 0.1) is 5.82 Å². The van der Waals surface area contributed by atoms with Crippen molar-refractivity contribution in [1.29, 1.82) is 0 Å². The first kappa shape index (κ1) is 23.7. The Kier molecular flexibility index (Phi) is 5.22. The molecule has 0 amide bonds. The second-order valence-electron chi connectivity index (χ2n) is 10.2. The van der Waals surface area contributed by atoms with Crippen LogP contribution < -0.4 is 9.64 Å². The molecular formula is C26H24F3N5O3. The van der Waals surface area contributed by atoms with E-state index >= 15 is 4.39 Å². The Morgan fingerprint density at radius 2 is 1.81 bits per heavy atom. The molecule has 1 saturated heterocycles. The molecule has 2 aliphatic rings. The van der Waals surface area contributed by atoms with E-state index in [4.69, 9.17) is 4.74 Å². The van der Waals surface area contributed by atoms with Crippen LogP contribution in [-0.4, -0.2) is 54.9 Å². The molecule has 2 atom stereocenters. The lowest BCUT2D eigenvalue weighted by Gasteiger charge is -2.44. The normalized spacial score (nSPS) is 22.4. The van der Waals surface area contributed by atoms with Crippen LogP contribution in [0.4, 0.5) is 19.1 Å². The molecule has 37 heavy (non-hydrogen) atoms. The molecule has 1 fully saturated rings. The molecule has 2 N–H and O–H groups in total. The molecule has 4 aromatic rings. The monoisotopic (exact) mass is 511 g/mol. The van der Waals surface area contributed by atoms with E-state index in [1.807, 2.05) is 4.90 Å². The quantitative estimate of drug-likeness (QED) is 0.420. The van der Waals surface area contributed by atoms with Gasteiger partial charge in [0.05, 0.1) is 30.1 Å². The second kappa shape index (κ2) is 8.15. The number of aromatic nitrogens is 4. The lowest BCUT2D eigenvalue weighted by atomic mass is 9.93. The summed E-state index contributed by atoms with van der Waals surface area (Å²) in [6.45, 7) is 1.15. The SMILES string of the molecule is CC1(O)CN(c2ncc(-c3cn4c5c(nc4cc3F)C(C)(O)CC5c3ccccc3OC(F)F)cn2)C1. The van der Waals surface area contributed by atoms with Crippen molar-refractivity contribution in [2.24, 2.45) is 0 Å². The summed E-state index contributed by atoms with van der Waals surface area (Å²) in [5.74, 6) is -0.618. The molecule has 0 saturated carbocycles. The Hall–Kier alpha value is -3.70. The van der Waals surface area contributed by atoms with Gasteiger partial charge in [0, 0.05) is 47.3 Å². The number of halogens is 3. The van der Waals surface area contributed by atoms with Gasteiger partial charge in [-0.05, 0) is 26.3 Å². The highest BCUT2D eigenvalue weighted by Crippen LogP contribution is 2.49. The fourth-order valence-electron chi connectivity index (χ4n) is 5.39. The average molecular weight is 512 g/mol. The highest BCUT2D eigenvalue weighted by Gasteiger charge is 2.45. The minimum Gasteiger partial charge on any atom is -0.435 e. The third-order valence-corrected chi connectivity index (χ3v) is 6.99. The number of fused-ring (bicyclic) bond motifs is 3. The number of benzene rings is 1. The van der Waals surface area contributed by atoms with Crippen LogP contribution in [0.5, 0.6) is 5.75 Å². The molecule has 192 valence electrons. The van der Waals surface area contributed by atoms with Gasteiger partial charge in [-0.1, -0.05) is 18.2 Å². The highest BCUT2D eigenvalue weighted by atomic mass is 19.3. The van der Waals surface area contributed by atoms with Crippen LogP contribution in [-0.2, 0) is 5.60 Å². The summed E-state index contributed by atoms with van der Waals surface area (Å²) in [7, 11) is 0. The number of pyridine rings is 1. The van der Waals surface area contributed by atoms with Gasteiger partial charge in [-0.15, -0.1) is 0 Å². The fourth-order valence-corrected chi connectivity index (χ4v) is 5.39. The van der Waals surface area contributed by atoms with E-state index in [-0.39, 0.29) is 23.4 Å². The Bertz CT molecular complexity index is 1500. The fraction of sp³-hybridized carbons (Fsp3) is 0.346. The lowest BCUT2D eigenvalue weighted by molar-refractivity contribution is -0.0506. The van der Waals surface area contributed by atoms with E-state index in [9.17, 15) is 19.0 Å². The molecule has 0 bridgehead atoms. The van der Waals surface area contributed by atoms with E-state index in [0.717, 1.165) is 0 Å². The third kappa shape index (κ3) is 3.98. The largest absolute Gasteiger partial charge is 0.435 e. The van der Waals surface area contributed by atoms with Crippen LogP contribution in [0.1, 0.15) is 43.1 Å². The zero-order valence-electron chi connectivity index (χ0n) is 20.1. The number of hydrogen-bond acceptors (Lipinski definition) is 7. The smallest absolute Gasteiger partial charge is 0.387 e. The molecule has 6 rings (SSSR count). The van der Waals surface area contributed by atoms with Gasteiger partial charge < -0.3 is 24.3 Å². The summed E-state index contributed by atoms with van der Waals surface area (Å²) in [5.41, 5.74) is 0.208. The summed E-state index contributed by atoms with van der Waals surface area (Å²) in [6, 6.07) is 7.71. The molecule has 1 aliphatic heterocycles. The van der Waals surface area contributed by atoms with Crippen LogP contribution in [0.2, 0.25) is 0 Å². The standard InChI is InChI=1S/C26H24F3N5O3/c1-25(35)12-33(13-25)24-30-9-14(10-31-24)17-11-34-20(7-18(17)27)32-22-21(34)16(8-26(22,2)36)15-5-3-4-6-19(15)37-23(28)29/h3-7,9-11,16,23,35-36H,8,12-13H2,1-2H3. The molecule has 0 radical (unpaired) electrons. The number of nitrogens with zero attached hydrogens (tertiary/aromatic N) is 5. The van der Waals surface area contributed by atoms with Gasteiger partial charge in [-0.2, -0.15) is 8.78 Å². The van der Waals surface area contributed by atoms with E-state index in [1.165, 1.54) is 24.5 Å². The zero-order valence-corrected chi connectivity index (χ0v) is 20.1. The minimum absolute atomic E-state index is 0.0115. The van der Waals surface area contributed by atoms with E-state index in [0.29, 0.717) is 41.6 Å². The van der Waals surface area contributed by atoms with Crippen molar-refractivity contribution < 1.29 is 28.1 Å². The Morgan fingerprint density at radius 3 is 2.49 bits per heavy atom. The van der Waals surface area contributed by atoms with Crippen LogP contribution in [0.25, 0.3) is 16.8 Å². The topological polar surface area (TPSA) is 96.0 Å². The Morgan fingerprint density at radius 1 is 1.11 bits per heavy atom. The first-order valence-corrected chi connectivity index (χ1v) is 11.8. The molecule has 1 aromatic carbocycles. The summed E-state index contributed by atoms with van der Waals surface area (Å²) in [5, 5.41) is 21.1. The van der Waals surface area contributed by atoms with Crippen molar-refractivity contribution in [3.63, 3.8) is 0 Å². The molecule has 1 aliphatic carbocycles. The van der Waals surface area contributed by atoms with Gasteiger partial charge in [0.1, 0.15) is 22.8 Å². The van der Waals surface area contributed by atoms with Gasteiger partial charge in [0.2, 0.25) is 5.95 Å². The molecule has 2 unspecified atom stereocenters. The summed E-state index contributed by atoms with van der Waals surface area (Å²) >= 11 is 0. The maximum absolute atomic E-state index is 15.2. The van der Waals surface area contributed by atoms with Gasteiger partial charge in [-0.25, -0.2) is 19.3 Å². The van der Waals surface area contributed by atoms with E-state index in [1.54, 1.807) is 42.6 Å². The summed E-state index contributed by atoms with van der Waals surface area (Å²) in [4.78, 5) is 15.0. The van der Waals surface area contributed by atoms with Crippen LogP contribution in [0.15, 0.2) is 48.9 Å². The first-order chi connectivity index (χ1) is 17.5. The number of β-amino-alcohol motifs (C(OH)–C–C–N with tert-alkyl or cyclic N) is 1. The maximum Gasteiger partial charge on any atom is 0.387 e. The van der Waals surface area contributed by atoms with Crippen LogP contribution in [0.3, 0.4) is 0 Å². The zero-order chi connectivity index (χ0) is 26.1. The van der Waals surface area contributed by atoms with Crippen molar-refractivity contribution in [1.82, 2.24) is 19.4 Å². The van der Waals surface area contributed by atoms with Gasteiger partial charge in [0.25, 0.3) is 0 Å². The second-order valence-corrected chi connectivity index (χ2v) is 10.2. The highest BCUT2D eigenvalue weighted by molar-refractivity contribution is 5.66. The number of ether oxygens (including phenoxy) is 1.